The van der Waals surface area contributed by atoms with Gasteiger partial charge in [0.25, 0.3) is 0 Å². The fraction of sp³-hybridized carbons (Fsp3) is 0.579. The highest BCUT2D eigenvalue weighted by molar-refractivity contribution is 6.00. The summed E-state index contributed by atoms with van der Waals surface area (Å²) < 4.78 is 0. The fourth-order valence-corrected chi connectivity index (χ4v) is 3.73. The second-order valence-electron chi connectivity index (χ2n) is 6.89. The van der Waals surface area contributed by atoms with Gasteiger partial charge in [-0.25, -0.2) is 0 Å². The van der Waals surface area contributed by atoms with Crippen molar-refractivity contribution < 1.29 is 9.59 Å². The Morgan fingerprint density at radius 2 is 2.17 bits per heavy atom. The molecule has 24 heavy (non-hydrogen) atoms. The maximum atomic E-state index is 12.6. The van der Waals surface area contributed by atoms with Crippen molar-refractivity contribution in [3.05, 3.63) is 29.8 Å². The van der Waals surface area contributed by atoms with Crippen LogP contribution in [0.4, 0.5) is 5.69 Å². The van der Waals surface area contributed by atoms with Gasteiger partial charge in [-0.05, 0) is 44.4 Å². The summed E-state index contributed by atoms with van der Waals surface area (Å²) in [6, 6.07) is 8.42. The summed E-state index contributed by atoms with van der Waals surface area (Å²) in [5.41, 5.74) is 2.10. The molecule has 0 bridgehead atoms. The minimum atomic E-state index is -0.253. The van der Waals surface area contributed by atoms with Gasteiger partial charge in [0.1, 0.15) is 0 Å². The third-order valence-corrected chi connectivity index (χ3v) is 5.25. The number of amides is 2. The van der Waals surface area contributed by atoms with E-state index in [0.29, 0.717) is 13.0 Å². The van der Waals surface area contributed by atoms with Crippen LogP contribution in [-0.4, -0.2) is 37.0 Å². The molecule has 2 aliphatic heterocycles. The molecule has 1 aromatic carbocycles. The highest BCUT2D eigenvalue weighted by Crippen LogP contribution is 2.28. The first-order valence-corrected chi connectivity index (χ1v) is 9.02. The van der Waals surface area contributed by atoms with E-state index >= 15 is 0 Å². The monoisotopic (exact) mass is 329 g/mol. The van der Waals surface area contributed by atoms with E-state index in [1.165, 1.54) is 0 Å². The number of benzene rings is 1. The molecule has 0 saturated carbocycles. The summed E-state index contributed by atoms with van der Waals surface area (Å²) in [4.78, 5) is 26.8. The number of anilines is 1. The van der Waals surface area contributed by atoms with Crippen molar-refractivity contribution in [3.63, 3.8) is 0 Å². The largest absolute Gasteiger partial charge is 0.352 e. The molecule has 3 rings (SSSR count). The minimum absolute atomic E-state index is 0.0142. The first-order chi connectivity index (χ1) is 11.6. The van der Waals surface area contributed by atoms with E-state index in [1.807, 2.05) is 24.3 Å². The molecule has 5 nitrogen and oxygen atoms in total. The van der Waals surface area contributed by atoms with Gasteiger partial charge in [0.15, 0.2) is 0 Å². The third-order valence-electron chi connectivity index (χ3n) is 5.25. The molecule has 0 aromatic heterocycles. The number of para-hydroxylation sites is 1. The predicted octanol–water partition coefficient (Wildman–Crippen LogP) is 1.86. The second-order valence-corrected chi connectivity index (χ2v) is 6.89. The normalized spacial score (nSPS) is 27.3. The van der Waals surface area contributed by atoms with Gasteiger partial charge in [0.2, 0.25) is 11.8 Å². The molecular formula is C19H27N3O2. The first-order valence-electron chi connectivity index (χ1n) is 9.02. The Hall–Kier alpha value is -1.88. The Kier molecular flexibility index (Phi) is 5.19. The van der Waals surface area contributed by atoms with E-state index in [1.54, 1.807) is 4.90 Å². The van der Waals surface area contributed by atoms with Crippen LogP contribution in [0.1, 0.15) is 38.7 Å². The smallest absolute Gasteiger partial charge is 0.227 e. The lowest BCUT2D eigenvalue weighted by Gasteiger charge is -2.31. The number of hydrogen-bond donors (Lipinski definition) is 2. The Morgan fingerprint density at radius 1 is 1.38 bits per heavy atom. The number of aryl methyl sites for hydroxylation is 1. The van der Waals surface area contributed by atoms with Gasteiger partial charge >= 0.3 is 0 Å². The zero-order chi connectivity index (χ0) is 17.1. The lowest BCUT2D eigenvalue weighted by Crippen LogP contribution is -2.53. The minimum Gasteiger partial charge on any atom is -0.352 e. The van der Waals surface area contributed by atoms with E-state index < -0.39 is 0 Å². The van der Waals surface area contributed by atoms with E-state index in [2.05, 4.69) is 24.5 Å². The van der Waals surface area contributed by atoms with Crippen LogP contribution < -0.4 is 15.5 Å². The zero-order valence-corrected chi connectivity index (χ0v) is 14.5. The van der Waals surface area contributed by atoms with Crippen molar-refractivity contribution in [2.45, 2.75) is 51.6 Å². The first kappa shape index (κ1) is 17.0. The van der Waals surface area contributed by atoms with Crippen LogP contribution in [0.2, 0.25) is 0 Å². The van der Waals surface area contributed by atoms with Crippen LogP contribution in [0.3, 0.4) is 0 Å². The van der Waals surface area contributed by atoms with Crippen molar-refractivity contribution in [1.82, 2.24) is 10.6 Å². The third kappa shape index (κ3) is 3.46. The maximum absolute atomic E-state index is 12.6. The van der Waals surface area contributed by atoms with Gasteiger partial charge in [0.05, 0.1) is 5.92 Å². The van der Waals surface area contributed by atoms with Gasteiger partial charge in [-0.2, -0.15) is 0 Å². The number of rotatable bonds is 4. The van der Waals surface area contributed by atoms with E-state index in [0.717, 1.165) is 37.1 Å². The standard InChI is InChI=1S/C19H27N3O2/c1-3-14-7-4-5-9-17(14)22-12-15(11-18(22)23)19(24)21-16-8-6-10-20-13(16)2/h4-5,7,9,13,15-16,20H,3,6,8,10-12H2,1-2H3,(H,21,24). The van der Waals surface area contributed by atoms with Crippen LogP contribution in [0.15, 0.2) is 24.3 Å². The summed E-state index contributed by atoms with van der Waals surface area (Å²) in [6.07, 6.45) is 3.26. The molecule has 2 N–H and O–H groups in total. The van der Waals surface area contributed by atoms with E-state index in [4.69, 9.17) is 0 Å². The number of nitrogens with zero attached hydrogens (tertiary/aromatic N) is 1. The number of hydrogen-bond acceptors (Lipinski definition) is 3. The molecule has 0 radical (unpaired) electrons. The predicted molar refractivity (Wildman–Crippen MR) is 94.9 cm³/mol. The molecular weight excluding hydrogens is 302 g/mol. The molecule has 2 saturated heterocycles. The van der Waals surface area contributed by atoms with Crippen molar-refractivity contribution >= 4 is 17.5 Å². The summed E-state index contributed by atoms with van der Waals surface area (Å²) in [7, 11) is 0. The molecule has 3 atom stereocenters. The second kappa shape index (κ2) is 7.34. The average molecular weight is 329 g/mol. The fourth-order valence-electron chi connectivity index (χ4n) is 3.73. The highest BCUT2D eigenvalue weighted by Gasteiger charge is 2.37. The lowest BCUT2D eigenvalue weighted by molar-refractivity contribution is -0.127. The SMILES string of the molecule is CCc1ccccc1N1CC(C(=O)NC2CCCNC2C)CC1=O. The van der Waals surface area contributed by atoms with Crippen molar-refractivity contribution in [1.29, 1.82) is 0 Å². The van der Waals surface area contributed by atoms with Gasteiger partial charge in [-0.3, -0.25) is 9.59 Å². The van der Waals surface area contributed by atoms with Gasteiger partial charge in [0, 0.05) is 30.7 Å². The number of piperidine rings is 1. The number of carbonyl (C=O) groups is 2. The van der Waals surface area contributed by atoms with Gasteiger partial charge in [-0.1, -0.05) is 25.1 Å². The van der Waals surface area contributed by atoms with Crippen molar-refractivity contribution in [3.8, 4) is 0 Å². The van der Waals surface area contributed by atoms with Crippen LogP contribution in [-0.2, 0) is 16.0 Å². The molecule has 1 aromatic rings. The number of nitrogens with one attached hydrogen (secondary N) is 2. The van der Waals surface area contributed by atoms with Crippen LogP contribution in [0.25, 0.3) is 0 Å². The molecule has 5 heteroatoms. The molecule has 2 heterocycles. The molecule has 2 amide bonds. The topological polar surface area (TPSA) is 61.4 Å². The lowest BCUT2D eigenvalue weighted by atomic mass is 9.98. The molecule has 0 spiro atoms. The van der Waals surface area contributed by atoms with Crippen LogP contribution in [0.5, 0.6) is 0 Å². The van der Waals surface area contributed by atoms with Gasteiger partial charge in [-0.15, -0.1) is 0 Å². The Labute approximate surface area is 143 Å². The average Bonchev–Trinajstić information content (AvgIpc) is 2.98. The Morgan fingerprint density at radius 3 is 2.92 bits per heavy atom. The Balaban J connectivity index is 1.67. The summed E-state index contributed by atoms with van der Waals surface area (Å²) >= 11 is 0. The molecule has 0 aliphatic carbocycles. The zero-order valence-electron chi connectivity index (χ0n) is 14.5. The highest BCUT2D eigenvalue weighted by atomic mass is 16.2. The summed E-state index contributed by atoms with van der Waals surface area (Å²) in [5, 5.41) is 6.55. The number of carbonyl (C=O) groups excluding carboxylic acids is 2. The van der Waals surface area contributed by atoms with Crippen molar-refractivity contribution in [2.75, 3.05) is 18.0 Å². The summed E-state index contributed by atoms with van der Waals surface area (Å²) in [6.45, 7) is 5.68. The van der Waals surface area contributed by atoms with Gasteiger partial charge < -0.3 is 15.5 Å². The van der Waals surface area contributed by atoms with E-state index in [-0.39, 0.29) is 29.8 Å². The molecule has 3 unspecified atom stereocenters. The summed E-state index contributed by atoms with van der Waals surface area (Å²) in [5.74, 6) is -0.192. The Bertz CT molecular complexity index is 616. The quantitative estimate of drug-likeness (QED) is 0.886. The van der Waals surface area contributed by atoms with E-state index in [9.17, 15) is 9.59 Å². The molecule has 2 aliphatic rings. The van der Waals surface area contributed by atoms with Crippen LogP contribution in [0, 0.1) is 5.92 Å². The van der Waals surface area contributed by atoms with Crippen molar-refractivity contribution in [2.24, 2.45) is 5.92 Å². The molecule has 130 valence electrons. The van der Waals surface area contributed by atoms with Crippen LogP contribution >= 0.6 is 0 Å². The molecule has 2 fully saturated rings. The maximum Gasteiger partial charge on any atom is 0.227 e.